The fourth-order valence-corrected chi connectivity index (χ4v) is 1.41. The van der Waals surface area contributed by atoms with E-state index in [-0.39, 0.29) is 0 Å². The van der Waals surface area contributed by atoms with Crippen molar-refractivity contribution in [2.75, 3.05) is 6.61 Å². The Hall–Kier alpha value is -0.300. The summed E-state index contributed by atoms with van der Waals surface area (Å²) in [4.78, 5) is 0. The number of unbranched alkanes of at least 4 members (excludes halogenated alkanes) is 1. The summed E-state index contributed by atoms with van der Waals surface area (Å²) in [6.07, 6.45) is 8.21. The third kappa shape index (κ3) is 9.62. The Bertz CT molecular complexity index is 134. The van der Waals surface area contributed by atoms with Crippen LogP contribution in [0.4, 0.5) is 0 Å². The topological polar surface area (TPSA) is 20.2 Å². The standard InChI is InChI=1S/C12H24O/c1-11(2)7-6-9-12(3)8-4-5-10-13/h7,12-13H,4-6,8-10H2,1-3H3. The van der Waals surface area contributed by atoms with Gasteiger partial charge in [0.05, 0.1) is 0 Å². The summed E-state index contributed by atoms with van der Waals surface area (Å²) < 4.78 is 0. The molecule has 1 N–H and O–H groups in total. The zero-order valence-corrected chi connectivity index (χ0v) is 9.34. The van der Waals surface area contributed by atoms with Gasteiger partial charge < -0.3 is 5.11 Å². The highest BCUT2D eigenvalue weighted by atomic mass is 16.2. The second-order valence-electron chi connectivity index (χ2n) is 4.18. The highest BCUT2D eigenvalue weighted by Gasteiger charge is 1.99. The van der Waals surface area contributed by atoms with Gasteiger partial charge in [0.15, 0.2) is 0 Å². The molecule has 0 amide bonds. The van der Waals surface area contributed by atoms with Gasteiger partial charge in [0.1, 0.15) is 0 Å². The van der Waals surface area contributed by atoms with Crippen molar-refractivity contribution in [3.63, 3.8) is 0 Å². The van der Waals surface area contributed by atoms with Gasteiger partial charge >= 0.3 is 0 Å². The molecule has 0 aromatic rings. The highest BCUT2D eigenvalue weighted by Crippen LogP contribution is 2.14. The molecule has 0 aromatic carbocycles. The number of aliphatic hydroxyl groups excluding tert-OH is 1. The first-order valence-corrected chi connectivity index (χ1v) is 5.41. The fourth-order valence-electron chi connectivity index (χ4n) is 1.41. The Morgan fingerprint density at radius 3 is 2.46 bits per heavy atom. The summed E-state index contributed by atoms with van der Waals surface area (Å²) in [6, 6.07) is 0. The SMILES string of the molecule is CC(C)=CCCC(C)CCCCO. The molecule has 0 aliphatic heterocycles. The number of allylic oxidation sites excluding steroid dienone is 2. The van der Waals surface area contributed by atoms with E-state index >= 15 is 0 Å². The molecule has 0 saturated heterocycles. The van der Waals surface area contributed by atoms with Crippen molar-refractivity contribution in [1.82, 2.24) is 0 Å². The molecular formula is C12H24O. The average Bonchev–Trinajstić information content (AvgIpc) is 2.04. The number of hydrogen-bond donors (Lipinski definition) is 1. The zero-order chi connectivity index (χ0) is 10.1. The van der Waals surface area contributed by atoms with E-state index in [1.165, 1.54) is 31.3 Å². The first-order valence-electron chi connectivity index (χ1n) is 5.41. The van der Waals surface area contributed by atoms with E-state index in [9.17, 15) is 0 Å². The second kappa shape index (κ2) is 8.31. The van der Waals surface area contributed by atoms with Crippen LogP contribution >= 0.6 is 0 Å². The average molecular weight is 184 g/mol. The lowest BCUT2D eigenvalue weighted by molar-refractivity contribution is 0.278. The maximum atomic E-state index is 8.62. The minimum absolute atomic E-state index is 0.348. The maximum Gasteiger partial charge on any atom is 0.0431 e. The van der Waals surface area contributed by atoms with Gasteiger partial charge in [0, 0.05) is 6.61 Å². The molecule has 0 saturated carbocycles. The molecule has 0 radical (unpaired) electrons. The lowest BCUT2D eigenvalue weighted by Crippen LogP contribution is -1.95. The lowest BCUT2D eigenvalue weighted by atomic mass is 9.98. The van der Waals surface area contributed by atoms with E-state index in [0.717, 1.165) is 12.3 Å². The van der Waals surface area contributed by atoms with Crippen LogP contribution in [0, 0.1) is 5.92 Å². The molecule has 0 aliphatic rings. The molecule has 0 aliphatic carbocycles. The highest BCUT2D eigenvalue weighted by molar-refractivity contribution is 4.92. The molecule has 1 nitrogen and oxygen atoms in total. The van der Waals surface area contributed by atoms with Gasteiger partial charge in [-0.05, 0) is 39.0 Å². The van der Waals surface area contributed by atoms with E-state index in [0.29, 0.717) is 6.61 Å². The van der Waals surface area contributed by atoms with Gasteiger partial charge in [-0.2, -0.15) is 0 Å². The first-order chi connectivity index (χ1) is 6.16. The van der Waals surface area contributed by atoms with Crippen LogP contribution < -0.4 is 0 Å². The second-order valence-corrected chi connectivity index (χ2v) is 4.18. The molecule has 1 heteroatoms. The summed E-state index contributed by atoms with van der Waals surface area (Å²) in [5.41, 5.74) is 1.42. The van der Waals surface area contributed by atoms with Gasteiger partial charge in [0.2, 0.25) is 0 Å². The third-order valence-corrected chi connectivity index (χ3v) is 2.32. The normalized spacial score (nSPS) is 12.6. The molecule has 0 spiro atoms. The first kappa shape index (κ1) is 12.7. The zero-order valence-electron chi connectivity index (χ0n) is 9.34. The quantitative estimate of drug-likeness (QED) is 0.474. The molecule has 0 heterocycles. The Labute approximate surface area is 82.9 Å². The monoisotopic (exact) mass is 184 g/mol. The van der Waals surface area contributed by atoms with E-state index in [1.54, 1.807) is 0 Å². The predicted octanol–water partition coefficient (Wildman–Crippen LogP) is 3.53. The van der Waals surface area contributed by atoms with Crippen LogP contribution in [-0.2, 0) is 0 Å². The maximum absolute atomic E-state index is 8.62. The summed E-state index contributed by atoms with van der Waals surface area (Å²) in [5, 5.41) is 8.62. The van der Waals surface area contributed by atoms with Crippen molar-refractivity contribution in [2.45, 2.75) is 52.9 Å². The van der Waals surface area contributed by atoms with E-state index in [2.05, 4.69) is 26.8 Å². The lowest BCUT2D eigenvalue weighted by Gasteiger charge is -2.08. The number of hydrogen-bond acceptors (Lipinski definition) is 1. The predicted molar refractivity (Wildman–Crippen MR) is 58.8 cm³/mol. The van der Waals surface area contributed by atoms with Crippen LogP contribution in [0.1, 0.15) is 52.9 Å². The van der Waals surface area contributed by atoms with E-state index in [4.69, 9.17) is 5.11 Å². The minimum Gasteiger partial charge on any atom is -0.396 e. The van der Waals surface area contributed by atoms with Crippen LogP contribution in [0.2, 0.25) is 0 Å². The van der Waals surface area contributed by atoms with Gasteiger partial charge in [-0.25, -0.2) is 0 Å². The molecular weight excluding hydrogens is 160 g/mol. The van der Waals surface area contributed by atoms with Gasteiger partial charge in [-0.1, -0.05) is 31.4 Å². The van der Waals surface area contributed by atoms with Crippen molar-refractivity contribution in [3.8, 4) is 0 Å². The fraction of sp³-hybridized carbons (Fsp3) is 0.833. The Morgan fingerprint density at radius 2 is 1.92 bits per heavy atom. The van der Waals surface area contributed by atoms with Crippen molar-refractivity contribution >= 4 is 0 Å². The van der Waals surface area contributed by atoms with E-state index < -0.39 is 0 Å². The molecule has 78 valence electrons. The largest absolute Gasteiger partial charge is 0.396 e. The molecule has 1 atom stereocenters. The summed E-state index contributed by atoms with van der Waals surface area (Å²) >= 11 is 0. The number of rotatable bonds is 7. The third-order valence-electron chi connectivity index (χ3n) is 2.32. The summed E-state index contributed by atoms with van der Waals surface area (Å²) in [7, 11) is 0. The Morgan fingerprint density at radius 1 is 1.23 bits per heavy atom. The van der Waals surface area contributed by atoms with Crippen LogP contribution in [0.25, 0.3) is 0 Å². The molecule has 0 fully saturated rings. The van der Waals surface area contributed by atoms with Crippen LogP contribution in [-0.4, -0.2) is 11.7 Å². The van der Waals surface area contributed by atoms with E-state index in [1.807, 2.05) is 0 Å². The molecule has 0 aromatic heterocycles. The summed E-state index contributed by atoms with van der Waals surface area (Å²) in [5.74, 6) is 0.808. The van der Waals surface area contributed by atoms with Crippen LogP contribution in [0.15, 0.2) is 11.6 Å². The van der Waals surface area contributed by atoms with Crippen molar-refractivity contribution < 1.29 is 5.11 Å². The Balaban J connectivity index is 3.30. The van der Waals surface area contributed by atoms with Gasteiger partial charge in [-0.3, -0.25) is 0 Å². The smallest absolute Gasteiger partial charge is 0.0431 e. The molecule has 0 rings (SSSR count). The van der Waals surface area contributed by atoms with Crippen molar-refractivity contribution in [3.05, 3.63) is 11.6 Å². The summed E-state index contributed by atoms with van der Waals surface area (Å²) in [6.45, 7) is 6.95. The molecule has 0 bridgehead atoms. The molecule has 13 heavy (non-hydrogen) atoms. The molecule has 1 unspecified atom stereocenters. The Kier molecular flexibility index (Phi) is 8.11. The number of aliphatic hydroxyl groups is 1. The van der Waals surface area contributed by atoms with Gasteiger partial charge in [-0.15, -0.1) is 0 Å². The minimum atomic E-state index is 0.348. The van der Waals surface area contributed by atoms with Crippen molar-refractivity contribution in [1.29, 1.82) is 0 Å². The van der Waals surface area contributed by atoms with Crippen molar-refractivity contribution in [2.24, 2.45) is 5.92 Å². The van der Waals surface area contributed by atoms with Crippen LogP contribution in [0.5, 0.6) is 0 Å². The van der Waals surface area contributed by atoms with Crippen LogP contribution in [0.3, 0.4) is 0 Å². The van der Waals surface area contributed by atoms with Gasteiger partial charge in [0.25, 0.3) is 0 Å².